The average Bonchev–Trinajstić information content (AvgIpc) is 2.45. The van der Waals surface area contributed by atoms with Crippen LogP contribution in [-0.4, -0.2) is 19.6 Å². The SMILES string of the molecule is COC(=O)c1cc(NCC2CCCC(C)C2)c(F)cc1N. The van der Waals surface area contributed by atoms with Crippen molar-refractivity contribution in [2.75, 3.05) is 24.7 Å². The predicted octanol–water partition coefficient (Wildman–Crippen LogP) is 3.43. The predicted molar refractivity (Wildman–Crippen MR) is 81.8 cm³/mol. The number of carbonyl (C=O) groups excluding carboxylic acids is 1. The van der Waals surface area contributed by atoms with Gasteiger partial charge in [-0.05, 0) is 36.8 Å². The molecule has 116 valence electrons. The first kappa shape index (κ1) is 15.6. The molecule has 4 nitrogen and oxygen atoms in total. The van der Waals surface area contributed by atoms with Crippen molar-refractivity contribution in [2.45, 2.75) is 32.6 Å². The largest absolute Gasteiger partial charge is 0.465 e. The maximum absolute atomic E-state index is 13.9. The Morgan fingerprint density at radius 2 is 2.24 bits per heavy atom. The molecule has 0 aliphatic heterocycles. The van der Waals surface area contributed by atoms with Crippen LogP contribution >= 0.6 is 0 Å². The summed E-state index contributed by atoms with van der Waals surface area (Å²) in [5.74, 6) is 0.283. The maximum atomic E-state index is 13.9. The number of ether oxygens (including phenoxy) is 1. The summed E-state index contributed by atoms with van der Waals surface area (Å²) in [5, 5.41) is 3.11. The fourth-order valence-corrected chi connectivity index (χ4v) is 3.01. The zero-order valence-corrected chi connectivity index (χ0v) is 12.6. The summed E-state index contributed by atoms with van der Waals surface area (Å²) in [5.41, 5.74) is 6.25. The lowest BCUT2D eigenvalue weighted by Gasteiger charge is -2.27. The first-order valence-corrected chi connectivity index (χ1v) is 7.42. The summed E-state index contributed by atoms with van der Waals surface area (Å²) in [6, 6.07) is 2.60. The van der Waals surface area contributed by atoms with Gasteiger partial charge in [0.05, 0.1) is 18.4 Å². The average molecular weight is 294 g/mol. The molecule has 0 saturated heterocycles. The fraction of sp³-hybridized carbons (Fsp3) is 0.562. The van der Waals surface area contributed by atoms with Crippen LogP contribution in [0.5, 0.6) is 0 Å². The fourth-order valence-electron chi connectivity index (χ4n) is 3.01. The Morgan fingerprint density at radius 3 is 2.90 bits per heavy atom. The minimum absolute atomic E-state index is 0.0937. The van der Waals surface area contributed by atoms with Gasteiger partial charge in [-0.25, -0.2) is 9.18 Å². The third-order valence-electron chi connectivity index (χ3n) is 4.17. The number of esters is 1. The van der Waals surface area contributed by atoms with Gasteiger partial charge in [0.15, 0.2) is 0 Å². The quantitative estimate of drug-likeness (QED) is 0.659. The van der Waals surface area contributed by atoms with Crippen molar-refractivity contribution in [3.8, 4) is 0 Å². The van der Waals surface area contributed by atoms with Gasteiger partial charge in [-0.1, -0.05) is 19.8 Å². The Kier molecular flexibility index (Phi) is 5.04. The van der Waals surface area contributed by atoms with E-state index in [1.807, 2.05) is 0 Å². The Hall–Kier alpha value is -1.78. The topological polar surface area (TPSA) is 64.3 Å². The van der Waals surface area contributed by atoms with Crippen LogP contribution in [0.4, 0.5) is 15.8 Å². The van der Waals surface area contributed by atoms with E-state index in [9.17, 15) is 9.18 Å². The molecule has 0 radical (unpaired) electrons. The van der Waals surface area contributed by atoms with Crippen LogP contribution in [0.25, 0.3) is 0 Å². The minimum Gasteiger partial charge on any atom is -0.465 e. The van der Waals surface area contributed by atoms with Crippen molar-refractivity contribution >= 4 is 17.3 Å². The number of nitrogen functional groups attached to an aromatic ring is 1. The molecule has 1 aromatic rings. The third kappa shape index (κ3) is 3.86. The number of carbonyl (C=O) groups is 1. The van der Waals surface area contributed by atoms with E-state index in [1.54, 1.807) is 0 Å². The van der Waals surface area contributed by atoms with Crippen LogP contribution in [0.15, 0.2) is 12.1 Å². The molecule has 1 aliphatic carbocycles. The summed E-state index contributed by atoms with van der Waals surface area (Å²) in [6.45, 7) is 2.97. The van der Waals surface area contributed by atoms with Crippen molar-refractivity contribution in [2.24, 2.45) is 11.8 Å². The van der Waals surface area contributed by atoms with E-state index in [1.165, 1.54) is 26.0 Å². The summed E-state index contributed by atoms with van der Waals surface area (Å²) in [7, 11) is 1.28. The number of rotatable bonds is 4. The molecule has 1 fully saturated rings. The smallest absolute Gasteiger partial charge is 0.340 e. The number of hydrogen-bond acceptors (Lipinski definition) is 4. The highest BCUT2D eigenvalue weighted by Crippen LogP contribution is 2.29. The number of nitrogens with one attached hydrogen (secondary N) is 1. The molecule has 5 heteroatoms. The van der Waals surface area contributed by atoms with Crippen molar-refractivity contribution < 1.29 is 13.9 Å². The van der Waals surface area contributed by atoms with Crippen molar-refractivity contribution in [1.82, 2.24) is 0 Å². The lowest BCUT2D eigenvalue weighted by atomic mass is 9.82. The van der Waals surface area contributed by atoms with Crippen LogP contribution in [-0.2, 0) is 4.74 Å². The zero-order chi connectivity index (χ0) is 15.4. The second-order valence-corrected chi connectivity index (χ2v) is 5.93. The standard InChI is InChI=1S/C16H23FN2O2/c1-10-4-3-5-11(6-10)9-19-15-7-12(16(20)21-2)14(18)8-13(15)17/h7-8,10-11,19H,3-6,9,18H2,1-2H3. The van der Waals surface area contributed by atoms with Gasteiger partial charge >= 0.3 is 5.97 Å². The number of methoxy groups -OCH3 is 1. The van der Waals surface area contributed by atoms with Gasteiger partial charge in [-0.3, -0.25) is 0 Å². The van der Waals surface area contributed by atoms with E-state index in [0.29, 0.717) is 18.2 Å². The highest BCUT2D eigenvalue weighted by atomic mass is 19.1. The minimum atomic E-state index is -0.554. The lowest BCUT2D eigenvalue weighted by molar-refractivity contribution is 0.0602. The van der Waals surface area contributed by atoms with E-state index in [4.69, 9.17) is 5.73 Å². The van der Waals surface area contributed by atoms with Crippen LogP contribution in [0, 0.1) is 17.7 Å². The van der Waals surface area contributed by atoms with Crippen LogP contribution in [0.1, 0.15) is 43.0 Å². The summed E-state index contributed by atoms with van der Waals surface area (Å²) in [4.78, 5) is 11.6. The molecule has 1 saturated carbocycles. The molecule has 0 aromatic heterocycles. The molecular weight excluding hydrogens is 271 g/mol. The van der Waals surface area contributed by atoms with Crippen molar-refractivity contribution in [3.63, 3.8) is 0 Å². The van der Waals surface area contributed by atoms with Gasteiger partial charge in [0.25, 0.3) is 0 Å². The number of benzene rings is 1. The Morgan fingerprint density at radius 1 is 1.48 bits per heavy atom. The van der Waals surface area contributed by atoms with E-state index >= 15 is 0 Å². The number of halogens is 1. The van der Waals surface area contributed by atoms with Crippen LogP contribution < -0.4 is 11.1 Å². The molecule has 2 atom stereocenters. The summed E-state index contributed by atoms with van der Waals surface area (Å²) in [6.07, 6.45) is 4.83. The number of hydrogen-bond donors (Lipinski definition) is 2. The van der Waals surface area contributed by atoms with E-state index < -0.39 is 11.8 Å². The molecule has 21 heavy (non-hydrogen) atoms. The normalized spacial score (nSPS) is 21.9. The number of anilines is 2. The van der Waals surface area contributed by atoms with Gasteiger partial charge in [-0.15, -0.1) is 0 Å². The van der Waals surface area contributed by atoms with Crippen LogP contribution in [0.2, 0.25) is 0 Å². The first-order chi connectivity index (χ1) is 10.0. The number of nitrogens with two attached hydrogens (primary N) is 1. The van der Waals surface area contributed by atoms with Gasteiger partial charge in [0, 0.05) is 12.2 Å². The highest BCUT2D eigenvalue weighted by Gasteiger charge is 2.20. The molecule has 0 bridgehead atoms. The first-order valence-electron chi connectivity index (χ1n) is 7.42. The molecule has 0 heterocycles. The summed E-state index contributed by atoms with van der Waals surface area (Å²) >= 11 is 0. The molecule has 1 aromatic carbocycles. The van der Waals surface area contributed by atoms with Gasteiger partial charge < -0.3 is 15.8 Å². The molecule has 0 amide bonds. The highest BCUT2D eigenvalue weighted by molar-refractivity contribution is 5.96. The molecule has 3 N–H and O–H groups in total. The Bertz CT molecular complexity index is 519. The second kappa shape index (κ2) is 6.78. The molecule has 2 unspecified atom stereocenters. The van der Waals surface area contributed by atoms with Gasteiger partial charge in [-0.2, -0.15) is 0 Å². The monoisotopic (exact) mass is 294 g/mol. The Labute approximate surface area is 124 Å². The van der Waals surface area contributed by atoms with Crippen molar-refractivity contribution in [1.29, 1.82) is 0 Å². The van der Waals surface area contributed by atoms with E-state index in [2.05, 4.69) is 17.0 Å². The Balaban J connectivity index is 2.07. The molecular formula is C16H23FN2O2. The zero-order valence-electron chi connectivity index (χ0n) is 12.6. The van der Waals surface area contributed by atoms with E-state index in [-0.39, 0.29) is 11.3 Å². The maximum Gasteiger partial charge on any atom is 0.340 e. The summed E-state index contributed by atoms with van der Waals surface area (Å²) < 4.78 is 18.6. The van der Waals surface area contributed by atoms with Gasteiger partial charge in [0.2, 0.25) is 0 Å². The lowest BCUT2D eigenvalue weighted by Crippen LogP contribution is -2.21. The van der Waals surface area contributed by atoms with E-state index in [0.717, 1.165) is 24.8 Å². The molecule has 0 spiro atoms. The van der Waals surface area contributed by atoms with Gasteiger partial charge in [0.1, 0.15) is 5.82 Å². The molecule has 1 aliphatic rings. The second-order valence-electron chi connectivity index (χ2n) is 5.93. The van der Waals surface area contributed by atoms with Crippen LogP contribution in [0.3, 0.4) is 0 Å². The third-order valence-corrected chi connectivity index (χ3v) is 4.17. The molecule has 2 rings (SSSR count). The van der Waals surface area contributed by atoms with Crippen molar-refractivity contribution in [3.05, 3.63) is 23.5 Å².